The molecule has 168 valence electrons. The Bertz CT molecular complexity index is 896. The maximum Gasteiger partial charge on any atom is 0.268 e. The molecule has 0 aliphatic heterocycles. The molecule has 0 spiro atoms. The molecule has 1 heterocycles. The molecule has 0 saturated carbocycles. The van der Waals surface area contributed by atoms with Crippen LogP contribution in [0.4, 0.5) is 5.69 Å². The lowest BCUT2D eigenvalue weighted by atomic mass is 10.1. The Hall–Kier alpha value is -3.08. The molecule has 2 N–H and O–H groups in total. The van der Waals surface area contributed by atoms with Gasteiger partial charge in [-0.2, -0.15) is 0 Å². The maximum atomic E-state index is 12.6. The van der Waals surface area contributed by atoms with Crippen LogP contribution < -0.4 is 10.6 Å². The minimum Gasteiger partial charge on any atom is -0.380 e. The minimum atomic E-state index is -0.138. The van der Waals surface area contributed by atoms with Crippen LogP contribution in [0, 0.1) is 0 Å². The van der Waals surface area contributed by atoms with E-state index in [0.29, 0.717) is 12.2 Å². The van der Waals surface area contributed by atoms with E-state index in [1.807, 2.05) is 43.0 Å². The van der Waals surface area contributed by atoms with E-state index in [1.54, 1.807) is 0 Å². The molecule has 31 heavy (non-hydrogen) atoms. The molecule has 0 radical (unpaired) electrons. The molecule has 0 fully saturated rings. The Morgan fingerprint density at radius 1 is 1.16 bits per heavy atom. The fourth-order valence-corrected chi connectivity index (χ4v) is 2.85. The molecule has 0 unspecified atom stereocenters. The highest BCUT2D eigenvalue weighted by atomic mass is 16.1. The number of nitrogens with zero attached hydrogens (tertiary/aromatic N) is 2. The number of benzene rings is 1. The maximum absolute atomic E-state index is 12.6. The van der Waals surface area contributed by atoms with Gasteiger partial charge in [-0.25, -0.2) is 0 Å². The van der Waals surface area contributed by atoms with Crippen LogP contribution in [0.2, 0.25) is 0 Å². The molecule has 0 aliphatic rings. The van der Waals surface area contributed by atoms with Gasteiger partial charge in [0.25, 0.3) is 5.91 Å². The molecule has 1 aromatic heterocycles. The van der Waals surface area contributed by atoms with E-state index in [1.165, 1.54) is 12.6 Å². The Morgan fingerprint density at radius 3 is 2.29 bits per heavy atom. The smallest absolute Gasteiger partial charge is 0.268 e. The first-order chi connectivity index (χ1) is 14.6. The summed E-state index contributed by atoms with van der Waals surface area (Å²) in [6, 6.07) is 10.1. The average Bonchev–Trinajstić information content (AvgIpc) is 3.08. The lowest BCUT2D eigenvalue weighted by Gasteiger charge is -2.22. The van der Waals surface area contributed by atoms with Gasteiger partial charge in [-0.3, -0.25) is 9.79 Å². The number of anilines is 1. The van der Waals surface area contributed by atoms with Crippen molar-refractivity contribution < 1.29 is 4.79 Å². The van der Waals surface area contributed by atoms with E-state index in [-0.39, 0.29) is 11.4 Å². The van der Waals surface area contributed by atoms with Crippen LogP contribution in [0.5, 0.6) is 0 Å². The second-order valence-electron chi connectivity index (χ2n) is 8.37. The highest BCUT2D eigenvalue weighted by molar-refractivity contribution is 6.01. The summed E-state index contributed by atoms with van der Waals surface area (Å²) in [5, 5.41) is 6.36. The second kappa shape index (κ2) is 12.6. The summed E-state index contributed by atoms with van der Waals surface area (Å²) >= 11 is 0. The van der Waals surface area contributed by atoms with Gasteiger partial charge in [0.2, 0.25) is 0 Å². The highest BCUT2D eigenvalue weighted by Crippen LogP contribution is 2.24. The van der Waals surface area contributed by atoms with Crippen molar-refractivity contribution >= 4 is 17.3 Å². The molecule has 0 bridgehead atoms. The average molecular weight is 423 g/mol. The molecule has 2 rings (SSSR count). The molecule has 2 aromatic rings. The predicted molar refractivity (Wildman–Crippen MR) is 135 cm³/mol. The zero-order valence-electron chi connectivity index (χ0n) is 20.1. The summed E-state index contributed by atoms with van der Waals surface area (Å²) < 4.78 is 1.84. The molecular formula is C26H38N4O. The van der Waals surface area contributed by atoms with Gasteiger partial charge in [0.1, 0.15) is 5.69 Å². The van der Waals surface area contributed by atoms with E-state index < -0.39 is 0 Å². The van der Waals surface area contributed by atoms with Gasteiger partial charge in [0, 0.05) is 36.2 Å². The summed E-state index contributed by atoms with van der Waals surface area (Å²) in [4.78, 5) is 16.7. The number of hydrogen-bond acceptors (Lipinski definition) is 3. The van der Waals surface area contributed by atoms with Crippen molar-refractivity contribution in [1.29, 1.82) is 0 Å². The van der Waals surface area contributed by atoms with E-state index in [2.05, 4.69) is 81.1 Å². The van der Waals surface area contributed by atoms with E-state index >= 15 is 0 Å². The van der Waals surface area contributed by atoms with Gasteiger partial charge in [-0.05, 0) is 57.5 Å². The molecule has 0 atom stereocenters. The topological polar surface area (TPSA) is 58.4 Å². The fraction of sp³-hybridized carbons (Fsp3) is 0.385. The quantitative estimate of drug-likeness (QED) is 0.521. The van der Waals surface area contributed by atoms with Crippen molar-refractivity contribution in [3.05, 3.63) is 67.2 Å². The number of nitrogens with one attached hydrogen (secondary N) is 2. The minimum absolute atomic E-state index is 0.0141. The van der Waals surface area contributed by atoms with Crippen molar-refractivity contribution in [3.8, 4) is 11.1 Å². The first-order valence-electron chi connectivity index (χ1n) is 10.8. The predicted octanol–water partition coefficient (Wildman–Crippen LogP) is 6.21. The van der Waals surface area contributed by atoms with Crippen molar-refractivity contribution in [2.45, 2.75) is 53.5 Å². The summed E-state index contributed by atoms with van der Waals surface area (Å²) in [6.07, 6.45) is 8.42. The number of rotatable bonds is 7. The summed E-state index contributed by atoms with van der Waals surface area (Å²) in [7, 11) is 1.87. The van der Waals surface area contributed by atoms with Gasteiger partial charge in [-0.15, -0.1) is 0 Å². The number of amides is 1. The Labute approximate surface area is 188 Å². The van der Waals surface area contributed by atoms with Gasteiger partial charge >= 0.3 is 0 Å². The Balaban J connectivity index is 0.00000151. The number of hydrogen-bond donors (Lipinski definition) is 2. The number of carbonyl (C=O) groups excluding carboxylic acids is 1. The second-order valence-corrected chi connectivity index (χ2v) is 8.37. The molecular weight excluding hydrogens is 384 g/mol. The molecule has 5 heteroatoms. The number of carbonyl (C=O) groups is 1. The Morgan fingerprint density at radius 2 is 1.77 bits per heavy atom. The third-order valence-electron chi connectivity index (χ3n) is 4.02. The number of aliphatic imine (C=N–C) groups is 1. The van der Waals surface area contributed by atoms with Gasteiger partial charge in [0.15, 0.2) is 0 Å². The third-order valence-corrected chi connectivity index (χ3v) is 4.02. The molecule has 0 saturated heterocycles. The van der Waals surface area contributed by atoms with Crippen LogP contribution in [0.25, 0.3) is 11.1 Å². The van der Waals surface area contributed by atoms with Gasteiger partial charge in [-0.1, -0.05) is 45.1 Å². The first kappa shape index (κ1) is 26.0. The SMILES string of the molecule is C=CN=C(/C=C\C)CNC(=O)c1cc(-c2ccc(NC(C)(C)C)cc2)cn1C.CCC. The number of allylic oxidation sites excluding steroid dienone is 1. The first-order valence-corrected chi connectivity index (χ1v) is 10.8. The van der Waals surface area contributed by atoms with Gasteiger partial charge < -0.3 is 15.2 Å². The zero-order chi connectivity index (χ0) is 23.4. The molecule has 0 aliphatic carbocycles. The monoisotopic (exact) mass is 422 g/mol. The number of aromatic nitrogens is 1. The fourth-order valence-electron chi connectivity index (χ4n) is 2.85. The van der Waals surface area contributed by atoms with Crippen LogP contribution in [-0.4, -0.2) is 28.3 Å². The van der Waals surface area contributed by atoms with E-state index in [9.17, 15) is 4.79 Å². The number of aryl methyl sites for hydroxylation is 1. The van der Waals surface area contributed by atoms with Crippen LogP contribution >= 0.6 is 0 Å². The van der Waals surface area contributed by atoms with Crippen LogP contribution in [0.1, 0.15) is 58.5 Å². The summed E-state index contributed by atoms with van der Waals surface area (Å²) in [5.74, 6) is -0.138. The molecule has 5 nitrogen and oxygen atoms in total. The lowest BCUT2D eigenvalue weighted by Crippen LogP contribution is -2.30. The van der Waals surface area contributed by atoms with Crippen molar-refractivity contribution in [3.63, 3.8) is 0 Å². The zero-order valence-corrected chi connectivity index (χ0v) is 20.1. The summed E-state index contributed by atoms with van der Waals surface area (Å²) in [6.45, 7) is 16.5. The largest absolute Gasteiger partial charge is 0.380 e. The van der Waals surface area contributed by atoms with E-state index in [0.717, 1.165) is 22.5 Å². The van der Waals surface area contributed by atoms with Crippen molar-refractivity contribution in [1.82, 2.24) is 9.88 Å². The third kappa shape index (κ3) is 9.08. The normalized spacial score (nSPS) is 11.6. The summed E-state index contributed by atoms with van der Waals surface area (Å²) in [5.41, 5.74) is 4.51. The highest BCUT2D eigenvalue weighted by Gasteiger charge is 2.14. The van der Waals surface area contributed by atoms with Crippen LogP contribution in [0.3, 0.4) is 0 Å². The van der Waals surface area contributed by atoms with E-state index in [4.69, 9.17) is 0 Å². The molecule has 1 amide bonds. The van der Waals surface area contributed by atoms with Gasteiger partial charge in [0.05, 0.1) is 12.3 Å². The molecule has 1 aromatic carbocycles. The standard InChI is InChI=1S/C23H30N4O.C3H8/c1-7-9-20(24-8-2)15-25-22(28)21-14-18(16-27(21)6)17-10-12-19(13-11-17)26-23(3,4)5;1-3-2/h7-14,16,26H,2,15H2,1,3-6H3,(H,25,28);3H2,1-2H3/b9-7-,24-20?;. The van der Waals surface area contributed by atoms with Crippen LogP contribution in [0.15, 0.2) is 66.5 Å². The van der Waals surface area contributed by atoms with Crippen LogP contribution in [-0.2, 0) is 7.05 Å². The van der Waals surface area contributed by atoms with Crippen molar-refractivity contribution in [2.24, 2.45) is 12.0 Å². The lowest BCUT2D eigenvalue weighted by molar-refractivity contribution is 0.0951. The Kier molecular flexibility index (Phi) is 10.5. The van der Waals surface area contributed by atoms with Crippen molar-refractivity contribution in [2.75, 3.05) is 11.9 Å².